The lowest BCUT2D eigenvalue weighted by atomic mass is 10.0. The van der Waals surface area contributed by atoms with E-state index < -0.39 is 17.6 Å². The number of nitrogens with one attached hydrogen (secondary N) is 3. The van der Waals surface area contributed by atoms with Crippen LogP contribution < -0.4 is 10.6 Å². The number of carbonyl (C=O) groups is 3. The van der Waals surface area contributed by atoms with Crippen LogP contribution in [0.15, 0.2) is 54.9 Å². The minimum atomic E-state index is -0.546. The molecule has 0 spiro atoms. The summed E-state index contributed by atoms with van der Waals surface area (Å²) in [5.74, 6) is -1.53. The molecule has 3 aromatic rings. The molecule has 2 aromatic carbocycles. The van der Waals surface area contributed by atoms with Gasteiger partial charge in [0.15, 0.2) is 11.5 Å². The van der Waals surface area contributed by atoms with Gasteiger partial charge in [-0.2, -0.15) is 0 Å². The standard InChI is InChI=1S/C26H28FN5O4/c27-19-7-5-18(6-8-19)22(34)14-17-3-9-20(10-4-17)31-26(36)24-23(29-16-30-24)25(35)28-11-13-32-12-1-2-21(33)15-32/h3-10,16,21,33H,1-2,11-15H2,(H,28,35)(H,29,30)(H,31,36). The summed E-state index contributed by atoms with van der Waals surface area (Å²) in [4.78, 5) is 46.5. The molecule has 4 N–H and O–H groups in total. The molecule has 1 aromatic heterocycles. The van der Waals surface area contributed by atoms with Gasteiger partial charge in [-0.05, 0) is 61.3 Å². The minimum absolute atomic E-state index is 0.0311. The van der Waals surface area contributed by atoms with E-state index in [2.05, 4.69) is 25.5 Å². The number of β-amino-alcohol motifs (C(OH)–C–C–N with tert-alkyl or cyclic N) is 1. The number of piperidine rings is 1. The highest BCUT2D eigenvalue weighted by atomic mass is 19.1. The van der Waals surface area contributed by atoms with Crippen LogP contribution in [0.5, 0.6) is 0 Å². The lowest BCUT2D eigenvalue weighted by Crippen LogP contribution is -2.42. The van der Waals surface area contributed by atoms with E-state index >= 15 is 0 Å². The van der Waals surface area contributed by atoms with Crippen LogP contribution in [-0.2, 0) is 6.42 Å². The molecule has 0 radical (unpaired) electrons. The van der Waals surface area contributed by atoms with Gasteiger partial charge in [-0.3, -0.25) is 19.3 Å². The highest BCUT2D eigenvalue weighted by Gasteiger charge is 2.21. The number of halogens is 1. The van der Waals surface area contributed by atoms with E-state index in [-0.39, 0.29) is 29.7 Å². The quantitative estimate of drug-likeness (QED) is 0.339. The summed E-state index contributed by atoms with van der Waals surface area (Å²) in [6, 6.07) is 12.1. The molecule has 1 atom stereocenters. The van der Waals surface area contributed by atoms with Crippen LogP contribution in [0.25, 0.3) is 0 Å². The van der Waals surface area contributed by atoms with Crippen molar-refractivity contribution in [3.63, 3.8) is 0 Å². The Labute approximate surface area is 207 Å². The summed E-state index contributed by atoms with van der Waals surface area (Å²) in [6.45, 7) is 2.45. The van der Waals surface area contributed by atoms with Gasteiger partial charge in [0, 0.05) is 37.3 Å². The summed E-state index contributed by atoms with van der Waals surface area (Å²) in [5, 5.41) is 15.2. The number of benzene rings is 2. The maximum absolute atomic E-state index is 13.0. The van der Waals surface area contributed by atoms with Crippen molar-refractivity contribution in [2.45, 2.75) is 25.4 Å². The van der Waals surface area contributed by atoms with E-state index in [1.54, 1.807) is 24.3 Å². The number of H-pyrrole nitrogens is 1. The molecule has 4 rings (SSSR count). The first-order valence-electron chi connectivity index (χ1n) is 11.8. The average molecular weight is 494 g/mol. The molecule has 1 aliphatic heterocycles. The minimum Gasteiger partial charge on any atom is -0.392 e. The van der Waals surface area contributed by atoms with Crippen LogP contribution in [0.2, 0.25) is 0 Å². The molecule has 9 nitrogen and oxygen atoms in total. The fraction of sp³-hybridized carbons (Fsp3) is 0.308. The molecule has 0 aliphatic carbocycles. The first kappa shape index (κ1) is 25.2. The van der Waals surface area contributed by atoms with Gasteiger partial charge < -0.3 is 20.7 Å². The molecule has 2 amide bonds. The first-order valence-corrected chi connectivity index (χ1v) is 11.8. The smallest absolute Gasteiger partial charge is 0.276 e. The Bertz CT molecular complexity index is 1210. The largest absolute Gasteiger partial charge is 0.392 e. The van der Waals surface area contributed by atoms with Gasteiger partial charge in [0.25, 0.3) is 11.8 Å². The van der Waals surface area contributed by atoms with Crippen LogP contribution in [0.1, 0.15) is 49.7 Å². The van der Waals surface area contributed by atoms with Crippen LogP contribution in [0, 0.1) is 5.82 Å². The van der Waals surface area contributed by atoms with Gasteiger partial charge in [0.2, 0.25) is 0 Å². The van der Waals surface area contributed by atoms with Gasteiger partial charge in [0.05, 0.1) is 12.4 Å². The number of hydrogen-bond acceptors (Lipinski definition) is 6. The third kappa shape index (κ3) is 6.61. The number of aromatic amines is 1. The second kappa shape index (κ2) is 11.7. The summed E-state index contributed by atoms with van der Waals surface area (Å²) < 4.78 is 13.0. The summed E-state index contributed by atoms with van der Waals surface area (Å²) >= 11 is 0. The number of carbonyl (C=O) groups excluding carboxylic acids is 3. The molecule has 1 fully saturated rings. The zero-order valence-corrected chi connectivity index (χ0v) is 19.7. The molecule has 0 bridgehead atoms. The van der Waals surface area contributed by atoms with Crippen molar-refractivity contribution in [2.24, 2.45) is 0 Å². The molecule has 0 saturated carbocycles. The average Bonchev–Trinajstić information content (AvgIpc) is 3.36. The third-order valence-electron chi connectivity index (χ3n) is 6.02. The monoisotopic (exact) mass is 493 g/mol. The summed E-state index contributed by atoms with van der Waals surface area (Å²) in [7, 11) is 0. The number of aliphatic hydroxyl groups excluding tert-OH is 1. The SMILES string of the molecule is O=C(Cc1ccc(NC(=O)c2nc[nH]c2C(=O)NCCN2CCCC(O)C2)cc1)c1ccc(F)cc1. The van der Waals surface area contributed by atoms with Gasteiger partial charge in [-0.1, -0.05) is 12.1 Å². The molecular weight excluding hydrogens is 465 g/mol. The van der Waals surface area contributed by atoms with E-state index in [1.165, 1.54) is 30.6 Å². The van der Waals surface area contributed by atoms with Crippen molar-refractivity contribution in [1.82, 2.24) is 20.2 Å². The number of aliphatic hydroxyl groups is 1. The van der Waals surface area contributed by atoms with E-state index in [0.29, 0.717) is 30.9 Å². The lowest BCUT2D eigenvalue weighted by molar-refractivity contribution is 0.0702. The predicted octanol–water partition coefficient (Wildman–Crippen LogP) is 2.41. The van der Waals surface area contributed by atoms with Gasteiger partial charge in [-0.15, -0.1) is 0 Å². The van der Waals surface area contributed by atoms with Crippen molar-refractivity contribution in [3.05, 3.63) is 83.2 Å². The number of likely N-dealkylation sites (tertiary alicyclic amines) is 1. The van der Waals surface area contributed by atoms with Gasteiger partial charge in [0.1, 0.15) is 11.5 Å². The van der Waals surface area contributed by atoms with Crippen molar-refractivity contribution >= 4 is 23.3 Å². The number of imidazole rings is 1. The lowest BCUT2D eigenvalue weighted by Gasteiger charge is -2.29. The molecule has 10 heteroatoms. The molecule has 2 heterocycles. The number of amides is 2. The van der Waals surface area contributed by atoms with Crippen LogP contribution in [0.4, 0.5) is 10.1 Å². The molecule has 1 aliphatic rings. The van der Waals surface area contributed by atoms with Crippen molar-refractivity contribution in [3.8, 4) is 0 Å². The Morgan fingerprint density at radius 1 is 1.08 bits per heavy atom. The Balaban J connectivity index is 1.29. The number of hydrogen-bond donors (Lipinski definition) is 4. The highest BCUT2D eigenvalue weighted by Crippen LogP contribution is 2.15. The fourth-order valence-electron chi connectivity index (χ4n) is 4.11. The molecule has 1 unspecified atom stereocenters. The van der Waals surface area contributed by atoms with Crippen LogP contribution in [0.3, 0.4) is 0 Å². The zero-order valence-electron chi connectivity index (χ0n) is 19.7. The number of rotatable bonds is 9. The number of Topliss-reactive ketones (excluding diaryl/α,β-unsaturated/α-hetero) is 1. The zero-order chi connectivity index (χ0) is 25.5. The first-order chi connectivity index (χ1) is 17.4. The molecule has 36 heavy (non-hydrogen) atoms. The van der Waals surface area contributed by atoms with Gasteiger partial charge >= 0.3 is 0 Å². The van der Waals surface area contributed by atoms with Crippen LogP contribution in [-0.4, -0.2) is 69.9 Å². The van der Waals surface area contributed by atoms with Crippen LogP contribution >= 0.6 is 0 Å². The van der Waals surface area contributed by atoms with E-state index in [1.807, 2.05) is 0 Å². The van der Waals surface area contributed by atoms with Crippen molar-refractivity contribution in [1.29, 1.82) is 0 Å². The Morgan fingerprint density at radius 2 is 1.83 bits per heavy atom. The Morgan fingerprint density at radius 3 is 2.56 bits per heavy atom. The Kier molecular flexibility index (Phi) is 8.19. The normalized spacial score (nSPS) is 15.9. The fourth-order valence-corrected chi connectivity index (χ4v) is 4.11. The third-order valence-corrected chi connectivity index (χ3v) is 6.02. The maximum atomic E-state index is 13.0. The molecule has 1 saturated heterocycles. The van der Waals surface area contributed by atoms with Crippen molar-refractivity contribution in [2.75, 3.05) is 31.5 Å². The van der Waals surface area contributed by atoms with E-state index in [4.69, 9.17) is 0 Å². The highest BCUT2D eigenvalue weighted by molar-refractivity contribution is 6.10. The maximum Gasteiger partial charge on any atom is 0.276 e. The predicted molar refractivity (Wildman–Crippen MR) is 131 cm³/mol. The number of ketones is 1. The van der Waals surface area contributed by atoms with Crippen molar-refractivity contribution < 1.29 is 23.9 Å². The molecule has 188 valence electrons. The number of aromatic nitrogens is 2. The topological polar surface area (TPSA) is 127 Å². The van der Waals surface area contributed by atoms with E-state index in [9.17, 15) is 23.9 Å². The second-order valence-corrected chi connectivity index (χ2v) is 8.74. The Hall–Kier alpha value is -3.89. The van der Waals surface area contributed by atoms with E-state index in [0.717, 1.165) is 24.9 Å². The molecular formula is C26H28FN5O4. The second-order valence-electron chi connectivity index (χ2n) is 8.74. The van der Waals surface area contributed by atoms with Gasteiger partial charge in [-0.25, -0.2) is 9.37 Å². The number of anilines is 1. The summed E-state index contributed by atoms with van der Waals surface area (Å²) in [6.07, 6.45) is 2.81. The summed E-state index contributed by atoms with van der Waals surface area (Å²) in [5.41, 5.74) is 1.68. The number of nitrogens with zero attached hydrogens (tertiary/aromatic N) is 2.